The normalized spacial score (nSPS) is 29.7. The number of hydrogen-bond donors (Lipinski definition) is 0. The summed E-state index contributed by atoms with van der Waals surface area (Å²) in [7, 11) is 0. The monoisotopic (exact) mass is 505 g/mol. The van der Waals surface area contributed by atoms with Crippen molar-refractivity contribution in [2.75, 3.05) is 13.2 Å². The Morgan fingerprint density at radius 3 is 1.97 bits per heavy atom. The molecule has 0 heterocycles. The highest BCUT2D eigenvalue weighted by atomic mass is 32.2. The molecule has 0 aromatic carbocycles. The van der Waals surface area contributed by atoms with Gasteiger partial charge in [-0.1, -0.05) is 6.92 Å². The van der Waals surface area contributed by atoms with Gasteiger partial charge in [0.05, 0.1) is 23.4 Å². The molecule has 0 aromatic heterocycles. The van der Waals surface area contributed by atoms with Crippen molar-refractivity contribution in [2.45, 2.75) is 85.5 Å². The minimum absolute atomic E-state index is 0.148. The molecule has 6 atom stereocenters. The van der Waals surface area contributed by atoms with E-state index >= 15 is 0 Å². The molecule has 11 nitrogen and oxygen atoms in total. The van der Waals surface area contributed by atoms with Crippen LogP contribution in [0, 0.1) is 16.2 Å². The van der Waals surface area contributed by atoms with Crippen LogP contribution < -0.4 is 0 Å². The molecule has 2 aliphatic rings. The first-order valence-electron chi connectivity index (χ1n) is 11.1. The summed E-state index contributed by atoms with van der Waals surface area (Å²) in [6.45, 7) is 8.68. The summed E-state index contributed by atoms with van der Waals surface area (Å²) >= 11 is -2.97. The summed E-state index contributed by atoms with van der Waals surface area (Å²) in [4.78, 5) is 48.3. The maximum Gasteiger partial charge on any atom is 0.347 e. The number of fused-ring (bicyclic) bond motifs is 2. The van der Waals surface area contributed by atoms with Crippen molar-refractivity contribution >= 4 is 35.2 Å². The highest BCUT2D eigenvalue weighted by Gasteiger charge is 2.69. The highest BCUT2D eigenvalue weighted by molar-refractivity contribution is 7.74. The Bertz CT molecular complexity index is 841. The summed E-state index contributed by atoms with van der Waals surface area (Å²) in [5.41, 5.74) is -2.74. The molecule has 0 N–H and O–H groups in total. The van der Waals surface area contributed by atoms with Gasteiger partial charge in [-0.25, -0.2) is 9.00 Å². The van der Waals surface area contributed by atoms with Crippen LogP contribution in [0.5, 0.6) is 0 Å². The summed E-state index contributed by atoms with van der Waals surface area (Å²) in [6.07, 6.45) is -2.08. The summed E-state index contributed by atoms with van der Waals surface area (Å²) in [6, 6.07) is 0. The van der Waals surface area contributed by atoms with Crippen LogP contribution in [-0.4, -0.2) is 64.2 Å². The van der Waals surface area contributed by atoms with E-state index in [0.717, 1.165) is 0 Å². The largest absolute Gasteiger partial charge is 0.750 e. The molecule has 0 aliphatic heterocycles. The van der Waals surface area contributed by atoms with Gasteiger partial charge < -0.3 is 23.5 Å². The third kappa shape index (κ3) is 6.14. The van der Waals surface area contributed by atoms with Crippen LogP contribution in [0.4, 0.5) is 0 Å². The minimum Gasteiger partial charge on any atom is -0.750 e. The van der Waals surface area contributed by atoms with Gasteiger partial charge in [-0.3, -0.25) is 18.6 Å². The molecule has 0 aromatic rings. The zero-order valence-corrected chi connectivity index (χ0v) is 21.2. The summed E-state index contributed by atoms with van der Waals surface area (Å²) in [5, 5.41) is 0. The first-order chi connectivity index (χ1) is 15.7. The van der Waals surface area contributed by atoms with Crippen molar-refractivity contribution < 1.29 is 51.1 Å². The molecule has 0 amide bonds. The Labute approximate surface area is 201 Å². The predicted octanol–water partition coefficient (Wildman–Crippen LogP) is 1.74. The van der Waals surface area contributed by atoms with Crippen LogP contribution in [0.3, 0.4) is 0 Å². The SMILES string of the molecule is CCC(C)(C)C(=O)OC(C)C(=O)OC1C(OS(=O)[O-])C2(COC(C)=O)CCC1(COC(C)=O)C2. The van der Waals surface area contributed by atoms with Crippen LogP contribution >= 0.6 is 0 Å². The minimum atomic E-state index is -2.97. The third-order valence-corrected chi connectivity index (χ3v) is 7.27. The van der Waals surface area contributed by atoms with Gasteiger partial charge in [-0.05, 0) is 46.5 Å². The number of ether oxygens (including phenoxy) is 4. The lowest BCUT2D eigenvalue weighted by Gasteiger charge is -2.41. The third-order valence-electron chi connectivity index (χ3n) is 6.91. The molecular weight excluding hydrogens is 472 g/mol. The lowest BCUT2D eigenvalue weighted by molar-refractivity contribution is -0.188. The van der Waals surface area contributed by atoms with E-state index in [-0.39, 0.29) is 19.6 Å². The van der Waals surface area contributed by atoms with Crippen molar-refractivity contribution in [3.05, 3.63) is 0 Å². The quantitative estimate of drug-likeness (QED) is 0.229. The van der Waals surface area contributed by atoms with Crippen LogP contribution in [0.2, 0.25) is 0 Å². The van der Waals surface area contributed by atoms with Crippen LogP contribution in [-0.2, 0) is 53.7 Å². The van der Waals surface area contributed by atoms with Gasteiger partial charge in [0.25, 0.3) is 0 Å². The van der Waals surface area contributed by atoms with Gasteiger partial charge in [0.1, 0.15) is 18.8 Å². The summed E-state index contributed by atoms with van der Waals surface area (Å²) in [5.74, 6) is -2.60. The molecule has 2 aliphatic carbocycles. The Kier molecular flexibility index (Phi) is 8.87. The smallest absolute Gasteiger partial charge is 0.347 e. The fourth-order valence-electron chi connectivity index (χ4n) is 4.56. The molecule has 0 saturated heterocycles. The number of carbonyl (C=O) groups excluding carboxylic acids is 4. The van der Waals surface area contributed by atoms with E-state index in [9.17, 15) is 27.9 Å². The fraction of sp³-hybridized carbons (Fsp3) is 0.818. The number of hydrogen-bond acceptors (Lipinski definition) is 11. The van der Waals surface area contributed by atoms with Crippen LogP contribution in [0.1, 0.15) is 67.2 Å². The lowest BCUT2D eigenvalue weighted by atomic mass is 9.78. The first kappa shape index (κ1) is 28.2. The van der Waals surface area contributed by atoms with Crippen LogP contribution in [0.15, 0.2) is 0 Å². The molecule has 2 fully saturated rings. The molecule has 194 valence electrons. The van der Waals surface area contributed by atoms with Gasteiger partial charge in [-0.2, -0.15) is 0 Å². The maximum absolute atomic E-state index is 12.9. The van der Waals surface area contributed by atoms with E-state index in [4.69, 9.17) is 23.1 Å². The predicted molar refractivity (Wildman–Crippen MR) is 115 cm³/mol. The van der Waals surface area contributed by atoms with Crippen molar-refractivity contribution in [3.8, 4) is 0 Å². The Hall–Kier alpha value is -2.05. The molecule has 0 radical (unpaired) electrons. The number of carbonyl (C=O) groups is 4. The Balaban J connectivity index is 2.33. The second kappa shape index (κ2) is 10.7. The van der Waals surface area contributed by atoms with Crippen molar-refractivity contribution in [1.29, 1.82) is 0 Å². The van der Waals surface area contributed by atoms with E-state index in [2.05, 4.69) is 0 Å². The van der Waals surface area contributed by atoms with Gasteiger partial charge >= 0.3 is 23.9 Å². The van der Waals surface area contributed by atoms with E-state index in [1.807, 2.05) is 6.92 Å². The molecule has 2 rings (SSSR count). The molecular formula is C22H33O11S-. The zero-order valence-electron chi connectivity index (χ0n) is 20.4. The maximum atomic E-state index is 12.9. The van der Waals surface area contributed by atoms with Crippen molar-refractivity contribution in [2.24, 2.45) is 16.2 Å². The average molecular weight is 506 g/mol. The Morgan fingerprint density at radius 1 is 1.03 bits per heavy atom. The zero-order chi connectivity index (χ0) is 25.9. The molecule has 2 bridgehead atoms. The van der Waals surface area contributed by atoms with Gasteiger partial charge in [0, 0.05) is 24.7 Å². The van der Waals surface area contributed by atoms with Gasteiger partial charge in [0.2, 0.25) is 0 Å². The highest BCUT2D eigenvalue weighted by Crippen LogP contribution is 2.63. The van der Waals surface area contributed by atoms with Crippen LogP contribution in [0.25, 0.3) is 0 Å². The van der Waals surface area contributed by atoms with Gasteiger partial charge in [-0.15, -0.1) is 0 Å². The second-order valence-electron chi connectivity index (χ2n) is 9.83. The van der Waals surface area contributed by atoms with E-state index < -0.39 is 69.8 Å². The lowest BCUT2D eigenvalue weighted by Crippen LogP contribution is -2.51. The van der Waals surface area contributed by atoms with E-state index in [1.165, 1.54) is 20.8 Å². The molecule has 2 saturated carbocycles. The van der Waals surface area contributed by atoms with E-state index in [1.54, 1.807) is 13.8 Å². The summed E-state index contributed by atoms with van der Waals surface area (Å²) < 4.78 is 49.6. The first-order valence-corrected chi connectivity index (χ1v) is 12.1. The fourth-order valence-corrected chi connectivity index (χ4v) is 5.04. The molecule has 6 unspecified atom stereocenters. The van der Waals surface area contributed by atoms with Crippen molar-refractivity contribution in [1.82, 2.24) is 0 Å². The average Bonchev–Trinajstić information content (AvgIpc) is 3.23. The van der Waals surface area contributed by atoms with E-state index in [0.29, 0.717) is 19.3 Å². The molecule has 12 heteroatoms. The number of rotatable bonds is 11. The topological polar surface area (TPSA) is 155 Å². The Morgan fingerprint density at radius 2 is 1.53 bits per heavy atom. The second-order valence-corrected chi connectivity index (χ2v) is 10.4. The van der Waals surface area contributed by atoms with Gasteiger partial charge in [0.15, 0.2) is 6.10 Å². The standard InChI is InChI=1S/C22H34O11S/c1-7-20(5,6)19(26)31-13(2)18(25)32-16-17(33-34(27)28)22(12-30-15(4)24)9-8-21(16,10-22)11-29-14(3)23/h13,16-17H,7-12H2,1-6H3,(H,27,28)/p-1. The molecule has 34 heavy (non-hydrogen) atoms. The van der Waals surface area contributed by atoms with Crippen molar-refractivity contribution in [3.63, 3.8) is 0 Å². The molecule has 0 spiro atoms. The number of esters is 4.